The van der Waals surface area contributed by atoms with Crippen LogP contribution in [0.2, 0.25) is 0 Å². The Balaban J connectivity index is 2.38. The fourth-order valence-corrected chi connectivity index (χ4v) is 3.14. The van der Waals surface area contributed by atoms with E-state index in [2.05, 4.69) is 66.4 Å². The monoisotopic (exact) mass is 307 g/mol. The van der Waals surface area contributed by atoms with E-state index in [1.165, 1.54) is 4.88 Å². The summed E-state index contributed by atoms with van der Waals surface area (Å²) in [6.45, 7) is 7.55. The minimum Gasteiger partial charge on any atom is -0.365 e. The molecule has 0 bridgehead atoms. The number of fused-ring (bicyclic) bond motifs is 1. The lowest BCUT2D eigenvalue weighted by molar-refractivity contribution is 0.344. The highest BCUT2D eigenvalue weighted by atomic mass is 32.1. The molecule has 0 fully saturated rings. The number of nitrogens with zero attached hydrogens (tertiary/aromatic N) is 3. The summed E-state index contributed by atoms with van der Waals surface area (Å²) in [6.07, 6.45) is 0. The minimum atomic E-state index is 0.350. The molecule has 0 saturated heterocycles. The SMILES string of the molecule is CNc1nc(NC(CN(C)C)C(C)C)c2cc(C)sc2n1. The van der Waals surface area contributed by atoms with Crippen molar-refractivity contribution in [3.8, 4) is 0 Å². The molecule has 0 aromatic carbocycles. The molecule has 5 nitrogen and oxygen atoms in total. The Hall–Kier alpha value is -1.40. The summed E-state index contributed by atoms with van der Waals surface area (Å²) in [5, 5.41) is 7.77. The van der Waals surface area contributed by atoms with Crippen molar-refractivity contribution in [2.75, 3.05) is 38.3 Å². The van der Waals surface area contributed by atoms with Crippen LogP contribution in [-0.2, 0) is 0 Å². The zero-order chi connectivity index (χ0) is 15.6. The van der Waals surface area contributed by atoms with Crippen molar-refractivity contribution in [1.29, 1.82) is 0 Å². The number of rotatable bonds is 6. The lowest BCUT2D eigenvalue weighted by Gasteiger charge is -2.26. The maximum absolute atomic E-state index is 4.62. The van der Waals surface area contributed by atoms with E-state index in [4.69, 9.17) is 0 Å². The van der Waals surface area contributed by atoms with Gasteiger partial charge in [0.15, 0.2) is 0 Å². The van der Waals surface area contributed by atoms with Crippen molar-refractivity contribution in [2.45, 2.75) is 26.8 Å². The van der Waals surface area contributed by atoms with Gasteiger partial charge in [-0.2, -0.15) is 4.98 Å². The van der Waals surface area contributed by atoms with E-state index in [0.717, 1.165) is 22.6 Å². The van der Waals surface area contributed by atoms with Crippen LogP contribution in [0.4, 0.5) is 11.8 Å². The third-order valence-corrected chi connectivity index (χ3v) is 4.37. The second kappa shape index (κ2) is 6.58. The van der Waals surface area contributed by atoms with Crippen LogP contribution in [0, 0.1) is 12.8 Å². The third-order valence-electron chi connectivity index (χ3n) is 3.43. The Labute approximate surface area is 130 Å². The lowest BCUT2D eigenvalue weighted by atomic mass is 10.0. The number of thiophene rings is 1. The predicted octanol–water partition coefficient (Wildman–Crippen LogP) is 3.04. The average molecular weight is 307 g/mol. The van der Waals surface area contributed by atoms with E-state index >= 15 is 0 Å². The summed E-state index contributed by atoms with van der Waals surface area (Å²) in [5.41, 5.74) is 0. The number of hydrogen-bond donors (Lipinski definition) is 2. The van der Waals surface area contributed by atoms with Gasteiger partial charge < -0.3 is 15.5 Å². The first-order valence-electron chi connectivity index (χ1n) is 7.28. The molecule has 0 spiro atoms. The Morgan fingerprint density at radius 1 is 1.29 bits per heavy atom. The van der Waals surface area contributed by atoms with Crippen LogP contribution in [0.5, 0.6) is 0 Å². The molecule has 0 saturated carbocycles. The van der Waals surface area contributed by atoms with Gasteiger partial charge in [0, 0.05) is 24.5 Å². The number of hydrogen-bond acceptors (Lipinski definition) is 6. The van der Waals surface area contributed by atoms with Crippen molar-refractivity contribution in [2.24, 2.45) is 5.92 Å². The molecule has 2 aromatic rings. The molecule has 2 aromatic heterocycles. The quantitative estimate of drug-likeness (QED) is 0.859. The van der Waals surface area contributed by atoms with Gasteiger partial charge in [-0.05, 0) is 33.0 Å². The molecule has 2 N–H and O–H groups in total. The lowest BCUT2D eigenvalue weighted by Crippen LogP contribution is -2.36. The molecule has 1 atom stereocenters. The van der Waals surface area contributed by atoms with E-state index in [9.17, 15) is 0 Å². The minimum absolute atomic E-state index is 0.350. The third kappa shape index (κ3) is 3.83. The van der Waals surface area contributed by atoms with Crippen molar-refractivity contribution in [3.05, 3.63) is 10.9 Å². The van der Waals surface area contributed by atoms with Crippen molar-refractivity contribution >= 4 is 33.3 Å². The first-order valence-corrected chi connectivity index (χ1v) is 8.09. The number of nitrogens with one attached hydrogen (secondary N) is 2. The first kappa shape index (κ1) is 16.0. The molecule has 6 heteroatoms. The molecular formula is C15H25N5S. The second-order valence-corrected chi connectivity index (χ2v) is 7.21. The Bertz CT molecular complexity index is 605. The molecule has 2 heterocycles. The van der Waals surface area contributed by atoms with Crippen LogP contribution in [0.3, 0.4) is 0 Å². The zero-order valence-corrected chi connectivity index (χ0v) is 14.5. The number of aryl methyl sites for hydroxylation is 1. The van der Waals surface area contributed by atoms with Crippen molar-refractivity contribution < 1.29 is 0 Å². The van der Waals surface area contributed by atoms with Gasteiger partial charge in [-0.25, -0.2) is 4.98 Å². The number of anilines is 2. The van der Waals surface area contributed by atoms with E-state index in [0.29, 0.717) is 17.9 Å². The van der Waals surface area contributed by atoms with E-state index in [-0.39, 0.29) is 0 Å². The summed E-state index contributed by atoms with van der Waals surface area (Å²) in [7, 11) is 6.05. The van der Waals surface area contributed by atoms with Gasteiger partial charge in [-0.15, -0.1) is 11.3 Å². The molecule has 116 valence electrons. The van der Waals surface area contributed by atoms with Crippen LogP contribution in [0.1, 0.15) is 18.7 Å². The van der Waals surface area contributed by atoms with Gasteiger partial charge >= 0.3 is 0 Å². The summed E-state index contributed by atoms with van der Waals surface area (Å²) in [4.78, 5) is 13.6. The summed E-state index contributed by atoms with van der Waals surface area (Å²) < 4.78 is 0. The van der Waals surface area contributed by atoms with Crippen molar-refractivity contribution in [3.63, 3.8) is 0 Å². The fourth-order valence-electron chi connectivity index (χ4n) is 2.26. The van der Waals surface area contributed by atoms with Gasteiger partial charge in [-0.3, -0.25) is 0 Å². The van der Waals surface area contributed by atoms with Crippen LogP contribution in [0.15, 0.2) is 6.07 Å². The largest absolute Gasteiger partial charge is 0.365 e. The number of aromatic nitrogens is 2. The first-order chi connectivity index (χ1) is 9.90. The van der Waals surface area contributed by atoms with E-state index in [1.807, 2.05) is 7.05 Å². The summed E-state index contributed by atoms with van der Waals surface area (Å²) >= 11 is 1.70. The topological polar surface area (TPSA) is 53.1 Å². The molecule has 0 amide bonds. The van der Waals surface area contributed by atoms with Gasteiger partial charge in [0.2, 0.25) is 5.95 Å². The van der Waals surface area contributed by atoms with Gasteiger partial charge in [0.1, 0.15) is 10.6 Å². The van der Waals surface area contributed by atoms with Crippen LogP contribution >= 0.6 is 11.3 Å². The van der Waals surface area contributed by atoms with E-state index in [1.54, 1.807) is 11.3 Å². The van der Waals surface area contributed by atoms with Gasteiger partial charge in [0.25, 0.3) is 0 Å². The highest BCUT2D eigenvalue weighted by Crippen LogP contribution is 2.30. The Morgan fingerprint density at radius 2 is 2.00 bits per heavy atom. The van der Waals surface area contributed by atoms with Crippen LogP contribution in [0.25, 0.3) is 10.2 Å². The normalized spacial score (nSPS) is 13.1. The molecule has 21 heavy (non-hydrogen) atoms. The van der Waals surface area contributed by atoms with Gasteiger partial charge in [0.05, 0.1) is 5.39 Å². The maximum atomic E-state index is 4.62. The van der Waals surface area contributed by atoms with Crippen molar-refractivity contribution in [1.82, 2.24) is 14.9 Å². The van der Waals surface area contributed by atoms with Gasteiger partial charge in [-0.1, -0.05) is 13.8 Å². The molecule has 0 aliphatic carbocycles. The molecular weight excluding hydrogens is 282 g/mol. The molecule has 1 unspecified atom stereocenters. The number of likely N-dealkylation sites (N-methyl/N-ethyl adjacent to an activating group) is 1. The van der Waals surface area contributed by atoms with E-state index < -0.39 is 0 Å². The Kier molecular flexibility index (Phi) is 5.00. The summed E-state index contributed by atoms with van der Waals surface area (Å²) in [5.74, 6) is 2.11. The predicted molar refractivity (Wildman–Crippen MR) is 92.5 cm³/mol. The highest BCUT2D eigenvalue weighted by molar-refractivity contribution is 7.18. The zero-order valence-electron chi connectivity index (χ0n) is 13.7. The fraction of sp³-hybridized carbons (Fsp3) is 0.600. The second-order valence-electron chi connectivity index (χ2n) is 5.98. The van der Waals surface area contributed by atoms with Crippen LogP contribution < -0.4 is 10.6 Å². The highest BCUT2D eigenvalue weighted by Gasteiger charge is 2.18. The average Bonchev–Trinajstić information content (AvgIpc) is 2.77. The standard InChI is InChI=1S/C15H25N5S/c1-9(2)12(8-20(5)6)17-13-11-7-10(3)21-14(11)19-15(16-4)18-13/h7,9,12H,8H2,1-6H3,(H2,16,17,18,19). The molecule has 0 aliphatic rings. The molecule has 2 rings (SSSR count). The molecule has 0 radical (unpaired) electrons. The smallest absolute Gasteiger partial charge is 0.225 e. The summed E-state index contributed by atoms with van der Waals surface area (Å²) in [6, 6.07) is 2.51. The van der Waals surface area contributed by atoms with Crippen LogP contribution in [-0.4, -0.2) is 48.6 Å². The maximum Gasteiger partial charge on any atom is 0.225 e. The Morgan fingerprint density at radius 3 is 2.57 bits per heavy atom. The molecule has 0 aliphatic heterocycles.